The van der Waals surface area contributed by atoms with Crippen LogP contribution in [0, 0.1) is 5.82 Å². The van der Waals surface area contributed by atoms with Gasteiger partial charge in [0.15, 0.2) is 0 Å². The molecule has 16 heavy (non-hydrogen) atoms. The second-order valence-electron chi connectivity index (χ2n) is 2.85. The van der Waals surface area contributed by atoms with Crippen molar-refractivity contribution in [1.29, 1.82) is 0 Å². The van der Waals surface area contributed by atoms with Crippen LogP contribution in [0.4, 0.5) is 4.39 Å². The van der Waals surface area contributed by atoms with Crippen LogP contribution < -0.4 is 4.74 Å². The van der Waals surface area contributed by atoms with E-state index in [4.69, 9.17) is 16.3 Å². The fourth-order valence-corrected chi connectivity index (χ4v) is 1.42. The Morgan fingerprint density at radius 2 is 2.19 bits per heavy atom. The molecule has 0 saturated carbocycles. The van der Waals surface area contributed by atoms with Gasteiger partial charge in [-0.2, -0.15) is 0 Å². The molecule has 0 aliphatic rings. The van der Waals surface area contributed by atoms with Crippen molar-refractivity contribution in [2.24, 2.45) is 0 Å². The number of hydrogen-bond acceptors (Lipinski definition) is 3. The molecule has 0 fully saturated rings. The molecule has 1 heterocycles. The number of hydrogen-bond donors (Lipinski definition) is 0. The second kappa shape index (κ2) is 4.76. The van der Waals surface area contributed by atoms with E-state index in [1.54, 1.807) is 12.1 Å². The zero-order chi connectivity index (χ0) is 11.5. The molecule has 0 spiro atoms. The zero-order valence-electron chi connectivity index (χ0n) is 7.82. The average Bonchev–Trinajstić information content (AvgIpc) is 2.27. The lowest BCUT2D eigenvalue weighted by Crippen LogP contribution is -1.90. The van der Waals surface area contributed by atoms with Crippen LogP contribution in [0.3, 0.4) is 0 Å². The van der Waals surface area contributed by atoms with Gasteiger partial charge in [-0.3, -0.25) is 0 Å². The SMILES string of the molecule is Fc1cc(Oc2ncncc2Cl)ccc1Br. The van der Waals surface area contributed by atoms with Crippen molar-refractivity contribution in [3.8, 4) is 11.6 Å². The Labute approximate surface area is 104 Å². The van der Waals surface area contributed by atoms with Crippen LogP contribution in [0.25, 0.3) is 0 Å². The highest BCUT2D eigenvalue weighted by Crippen LogP contribution is 2.28. The summed E-state index contributed by atoms with van der Waals surface area (Å²) in [5.41, 5.74) is 0. The number of ether oxygens (including phenoxy) is 1. The van der Waals surface area contributed by atoms with Gasteiger partial charge >= 0.3 is 0 Å². The van der Waals surface area contributed by atoms with Crippen LogP contribution in [0.1, 0.15) is 0 Å². The lowest BCUT2D eigenvalue weighted by atomic mass is 10.3. The monoisotopic (exact) mass is 302 g/mol. The molecule has 2 rings (SSSR count). The van der Waals surface area contributed by atoms with Crippen molar-refractivity contribution in [3.63, 3.8) is 0 Å². The van der Waals surface area contributed by atoms with E-state index in [1.165, 1.54) is 18.6 Å². The van der Waals surface area contributed by atoms with E-state index < -0.39 is 5.82 Å². The van der Waals surface area contributed by atoms with E-state index in [1.807, 2.05) is 0 Å². The topological polar surface area (TPSA) is 35.0 Å². The summed E-state index contributed by atoms with van der Waals surface area (Å²) in [5.74, 6) is 0.0994. The van der Waals surface area contributed by atoms with Gasteiger partial charge in [0, 0.05) is 6.07 Å². The maximum absolute atomic E-state index is 13.2. The molecule has 0 saturated heterocycles. The normalized spacial score (nSPS) is 10.2. The quantitative estimate of drug-likeness (QED) is 0.846. The molecule has 6 heteroatoms. The average molecular weight is 304 g/mol. The molecule has 2 aromatic rings. The number of rotatable bonds is 2. The van der Waals surface area contributed by atoms with Crippen molar-refractivity contribution >= 4 is 27.5 Å². The minimum Gasteiger partial charge on any atom is -0.437 e. The molecule has 0 amide bonds. The molecule has 0 atom stereocenters. The molecule has 0 N–H and O–H groups in total. The maximum atomic E-state index is 13.2. The summed E-state index contributed by atoms with van der Waals surface area (Å²) in [6.45, 7) is 0. The minimum absolute atomic E-state index is 0.193. The van der Waals surface area contributed by atoms with Gasteiger partial charge in [-0.25, -0.2) is 14.4 Å². The Hall–Kier alpha value is -1.20. The van der Waals surface area contributed by atoms with E-state index in [9.17, 15) is 4.39 Å². The summed E-state index contributed by atoms with van der Waals surface area (Å²) in [6, 6.07) is 4.38. The molecular weight excluding hydrogens is 298 g/mol. The van der Waals surface area contributed by atoms with E-state index in [0.29, 0.717) is 10.2 Å². The van der Waals surface area contributed by atoms with Crippen LogP contribution >= 0.6 is 27.5 Å². The van der Waals surface area contributed by atoms with E-state index in [2.05, 4.69) is 25.9 Å². The van der Waals surface area contributed by atoms with E-state index >= 15 is 0 Å². The first-order valence-corrected chi connectivity index (χ1v) is 5.42. The standard InChI is InChI=1S/C10H5BrClFN2O/c11-7-2-1-6(3-9(7)13)16-10-8(12)4-14-5-15-10/h1-5H. The Kier molecular flexibility index (Phi) is 3.36. The first kappa shape index (κ1) is 11.3. The van der Waals surface area contributed by atoms with Gasteiger partial charge in [-0.05, 0) is 28.1 Å². The third kappa shape index (κ3) is 2.48. The number of halogens is 3. The molecule has 0 bridgehead atoms. The first-order valence-electron chi connectivity index (χ1n) is 4.25. The Morgan fingerprint density at radius 3 is 2.88 bits per heavy atom. The fraction of sp³-hybridized carbons (Fsp3) is 0. The van der Waals surface area contributed by atoms with Crippen molar-refractivity contribution in [1.82, 2.24) is 9.97 Å². The van der Waals surface area contributed by atoms with Crippen LogP contribution in [0.2, 0.25) is 5.02 Å². The predicted molar refractivity (Wildman–Crippen MR) is 61.2 cm³/mol. The summed E-state index contributed by atoms with van der Waals surface area (Å²) in [5, 5.41) is 0.269. The van der Waals surface area contributed by atoms with E-state index in [0.717, 1.165) is 0 Å². The minimum atomic E-state index is -0.414. The zero-order valence-corrected chi connectivity index (χ0v) is 10.2. The summed E-state index contributed by atoms with van der Waals surface area (Å²) in [6.07, 6.45) is 2.70. The first-order chi connectivity index (χ1) is 7.66. The Bertz CT molecular complexity index is 524. The van der Waals surface area contributed by atoms with Gasteiger partial charge < -0.3 is 4.74 Å². The number of nitrogens with zero attached hydrogens (tertiary/aromatic N) is 2. The summed E-state index contributed by atoms with van der Waals surface area (Å²) in [7, 11) is 0. The number of aromatic nitrogens is 2. The summed E-state index contributed by atoms with van der Waals surface area (Å²) in [4.78, 5) is 7.54. The molecular formula is C10H5BrClFN2O. The van der Waals surface area contributed by atoms with Gasteiger partial charge in [0.05, 0.1) is 10.7 Å². The van der Waals surface area contributed by atoms with Gasteiger partial charge in [-0.1, -0.05) is 11.6 Å². The van der Waals surface area contributed by atoms with Crippen molar-refractivity contribution in [2.75, 3.05) is 0 Å². The summed E-state index contributed by atoms with van der Waals surface area (Å²) < 4.78 is 18.9. The highest BCUT2D eigenvalue weighted by molar-refractivity contribution is 9.10. The molecule has 0 radical (unpaired) electrons. The third-order valence-electron chi connectivity index (χ3n) is 1.74. The molecule has 0 aliphatic carbocycles. The Morgan fingerprint density at radius 1 is 1.38 bits per heavy atom. The van der Waals surface area contributed by atoms with Crippen LogP contribution in [0.5, 0.6) is 11.6 Å². The molecule has 3 nitrogen and oxygen atoms in total. The van der Waals surface area contributed by atoms with Gasteiger partial charge in [0.2, 0.25) is 5.88 Å². The van der Waals surface area contributed by atoms with Gasteiger partial charge in [0.25, 0.3) is 0 Å². The van der Waals surface area contributed by atoms with E-state index in [-0.39, 0.29) is 10.9 Å². The Balaban J connectivity index is 2.28. The lowest BCUT2D eigenvalue weighted by Gasteiger charge is -2.05. The molecule has 82 valence electrons. The number of benzene rings is 1. The third-order valence-corrected chi connectivity index (χ3v) is 2.64. The van der Waals surface area contributed by atoms with Crippen LogP contribution in [-0.4, -0.2) is 9.97 Å². The van der Waals surface area contributed by atoms with Crippen molar-refractivity contribution in [3.05, 3.63) is 46.0 Å². The smallest absolute Gasteiger partial charge is 0.241 e. The molecule has 0 unspecified atom stereocenters. The van der Waals surface area contributed by atoms with Crippen molar-refractivity contribution in [2.45, 2.75) is 0 Å². The van der Waals surface area contributed by atoms with Gasteiger partial charge in [0.1, 0.15) is 22.9 Å². The van der Waals surface area contributed by atoms with Crippen LogP contribution in [-0.2, 0) is 0 Å². The predicted octanol–water partition coefficient (Wildman–Crippen LogP) is 3.82. The lowest BCUT2D eigenvalue weighted by molar-refractivity contribution is 0.456. The second-order valence-corrected chi connectivity index (χ2v) is 4.12. The molecule has 1 aromatic heterocycles. The van der Waals surface area contributed by atoms with Crippen molar-refractivity contribution < 1.29 is 9.13 Å². The molecule has 0 aliphatic heterocycles. The highest BCUT2D eigenvalue weighted by Gasteiger charge is 2.06. The fourth-order valence-electron chi connectivity index (χ4n) is 1.03. The maximum Gasteiger partial charge on any atom is 0.241 e. The highest BCUT2D eigenvalue weighted by atomic mass is 79.9. The molecule has 1 aromatic carbocycles. The largest absolute Gasteiger partial charge is 0.437 e. The van der Waals surface area contributed by atoms with Crippen LogP contribution in [0.15, 0.2) is 35.2 Å². The van der Waals surface area contributed by atoms with Gasteiger partial charge in [-0.15, -0.1) is 0 Å². The summed E-state index contributed by atoms with van der Waals surface area (Å²) >= 11 is 8.84.